The maximum Gasteiger partial charge on any atom is 0.191 e. The number of nitrogens with zero attached hydrogens (tertiary/aromatic N) is 3. The lowest BCUT2D eigenvalue weighted by atomic mass is 10.1. The maximum atomic E-state index is 13.2. The Morgan fingerprint density at radius 2 is 1.89 bits per heavy atom. The van der Waals surface area contributed by atoms with Gasteiger partial charge in [0.25, 0.3) is 0 Å². The number of hydrogen-bond acceptors (Lipinski definition) is 2. The minimum Gasteiger partial charge on any atom is -0.357 e. The van der Waals surface area contributed by atoms with Gasteiger partial charge in [0.15, 0.2) is 5.96 Å². The van der Waals surface area contributed by atoms with Gasteiger partial charge in [-0.1, -0.05) is 30.3 Å². The molecule has 7 heteroatoms. The molecule has 0 radical (unpaired) electrons. The van der Waals surface area contributed by atoms with E-state index in [4.69, 9.17) is 0 Å². The van der Waals surface area contributed by atoms with Crippen LogP contribution >= 0.6 is 24.0 Å². The van der Waals surface area contributed by atoms with Gasteiger partial charge in [0.2, 0.25) is 0 Å². The molecule has 1 heterocycles. The van der Waals surface area contributed by atoms with Crippen molar-refractivity contribution in [2.24, 2.45) is 4.99 Å². The third kappa shape index (κ3) is 6.63. The highest BCUT2D eigenvalue weighted by Crippen LogP contribution is 2.07. The minimum absolute atomic E-state index is 0. The van der Waals surface area contributed by atoms with E-state index in [0.717, 1.165) is 35.9 Å². The molecular formula is C21H25FIN5. The number of benzene rings is 2. The van der Waals surface area contributed by atoms with E-state index < -0.39 is 0 Å². The molecule has 0 aliphatic rings. The van der Waals surface area contributed by atoms with E-state index in [1.54, 1.807) is 12.1 Å². The predicted octanol–water partition coefficient (Wildman–Crippen LogP) is 3.93. The lowest BCUT2D eigenvalue weighted by molar-refractivity contribution is 0.625. The first kappa shape index (κ1) is 21.9. The van der Waals surface area contributed by atoms with Crippen molar-refractivity contribution in [3.05, 3.63) is 83.9 Å². The molecule has 0 spiro atoms. The van der Waals surface area contributed by atoms with E-state index >= 15 is 0 Å². The quantitative estimate of drug-likeness (QED) is 0.298. The van der Waals surface area contributed by atoms with Crippen molar-refractivity contribution in [2.75, 3.05) is 13.1 Å². The van der Waals surface area contributed by atoms with Crippen molar-refractivity contribution in [3.63, 3.8) is 0 Å². The van der Waals surface area contributed by atoms with Crippen LogP contribution in [0.5, 0.6) is 0 Å². The average molecular weight is 493 g/mol. The molecule has 0 unspecified atom stereocenters. The Hall–Kier alpha value is -2.42. The van der Waals surface area contributed by atoms with E-state index in [2.05, 4.69) is 20.7 Å². The molecule has 0 aliphatic carbocycles. The molecule has 148 valence electrons. The van der Waals surface area contributed by atoms with Gasteiger partial charge in [-0.2, -0.15) is 5.10 Å². The fourth-order valence-electron chi connectivity index (χ4n) is 2.69. The van der Waals surface area contributed by atoms with Crippen LogP contribution in [0.15, 0.2) is 71.9 Å². The lowest BCUT2D eigenvalue weighted by Crippen LogP contribution is -2.38. The van der Waals surface area contributed by atoms with Crippen molar-refractivity contribution < 1.29 is 4.39 Å². The molecule has 0 amide bonds. The van der Waals surface area contributed by atoms with Crippen LogP contribution in [-0.4, -0.2) is 28.8 Å². The van der Waals surface area contributed by atoms with Gasteiger partial charge in [-0.15, -0.1) is 24.0 Å². The summed E-state index contributed by atoms with van der Waals surface area (Å²) in [5, 5.41) is 11.1. The van der Waals surface area contributed by atoms with Crippen LogP contribution in [0.4, 0.5) is 4.39 Å². The monoisotopic (exact) mass is 493 g/mol. The molecule has 0 bridgehead atoms. The van der Waals surface area contributed by atoms with E-state index in [1.165, 1.54) is 6.07 Å². The molecule has 3 rings (SSSR count). The smallest absolute Gasteiger partial charge is 0.191 e. The number of para-hydroxylation sites is 1. The molecule has 2 N–H and O–H groups in total. The fraction of sp³-hybridized carbons (Fsp3) is 0.238. The summed E-state index contributed by atoms with van der Waals surface area (Å²) >= 11 is 0. The molecule has 28 heavy (non-hydrogen) atoms. The Balaban J connectivity index is 0.00000280. The van der Waals surface area contributed by atoms with E-state index in [0.29, 0.717) is 13.1 Å². The number of guanidine groups is 1. The summed E-state index contributed by atoms with van der Waals surface area (Å²) in [6, 6.07) is 18.6. The van der Waals surface area contributed by atoms with Gasteiger partial charge in [-0.3, -0.25) is 0 Å². The zero-order chi connectivity index (χ0) is 18.9. The van der Waals surface area contributed by atoms with Crippen molar-refractivity contribution in [1.82, 2.24) is 20.4 Å². The van der Waals surface area contributed by atoms with Crippen LogP contribution < -0.4 is 10.6 Å². The summed E-state index contributed by atoms with van der Waals surface area (Å²) in [5.74, 6) is 0.519. The molecule has 5 nitrogen and oxygen atoms in total. The fourth-order valence-corrected chi connectivity index (χ4v) is 2.69. The Bertz CT molecular complexity index is 879. The summed E-state index contributed by atoms with van der Waals surface area (Å²) < 4.78 is 15.1. The van der Waals surface area contributed by atoms with Crippen molar-refractivity contribution in [2.45, 2.75) is 19.9 Å². The first-order chi connectivity index (χ1) is 13.2. The average Bonchev–Trinajstić information content (AvgIpc) is 3.16. The van der Waals surface area contributed by atoms with Crippen LogP contribution in [0.1, 0.15) is 18.2 Å². The van der Waals surface area contributed by atoms with Gasteiger partial charge in [0.05, 0.1) is 17.9 Å². The Kier molecular flexibility index (Phi) is 8.93. The predicted molar refractivity (Wildman–Crippen MR) is 122 cm³/mol. The van der Waals surface area contributed by atoms with Gasteiger partial charge in [-0.25, -0.2) is 14.1 Å². The zero-order valence-electron chi connectivity index (χ0n) is 15.8. The number of hydrogen-bond donors (Lipinski definition) is 2. The van der Waals surface area contributed by atoms with Gasteiger partial charge >= 0.3 is 0 Å². The summed E-state index contributed by atoms with van der Waals surface area (Å²) in [4.78, 5) is 4.58. The third-order valence-electron chi connectivity index (χ3n) is 4.00. The maximum absolute atomic E-state index is 13.2. The second kappa shape index (κ2) is 11.4. The first-order valence-corrected chi connectivity index (χ1v) is 9.11. The Morgan fingerprint density at radius 1 is 1.07 bits per heavy atom. The number of aromatic nitrogens is 2. The normalized spacial score (nSPS) is 11.0. The highest BCUT2D eigenvalue weighted by Gasteiger charge is 2.02. The van der Waals surface area contributed by atoms with Crippen LogP contribution in [0.2, 0.25) is 0 Å². The standard InChI is InChI=1S/C21H24FN5.HI/c1-2-23-21(24-13-11-17-7-6-8-18(22)15-17)25-16-19-12-14-27(26-19)20-9-4-3-5-10-20;/h3-10,12,14-15H,2,11,13,16H2,1H3,(H2,23,24,25);1H. The van der Waals surface area contributed by atoms with Crippen LogP contribution in [0.25, 0.3) is 5.69 Å². The van der Waals surface area contributed by atoms with Gasteiger partial charge in [-0.05, 0) is 49.2 Å². The molecule has 1 aromatic heterocycles. The van der Waals surface area contributed by atoms with E-state index in [1.807, 2.05) is 60.3 Å². The number of rotatable bonds is 7. The topological polar surface area (TPSA) is 54.2 Å². The molecular weight excluding hydrogens is 468 g/mol. The van der Waals surface area contributed by atoms with Gasteiger partial charge in [0.1, 0.15) is 5.82 Å². The number of aliphatic imine (C=N–C) groups is 1. The van der Waals surface area contributed by atoms with Crippen molar-refractivity contribution in [1.29, 1.82) is 0 Å². The van der Waals surface area contributed by atoms with Gasteiger partial charge in [0, 0.05) is 19.3 Å². The summed E-state index contributed by atoms with van der Waals surface area (Å²) in [7, 11) is 0. The van der Waals surface area contributed by atoms with Crippen molar-refractivity contribution in [3.8, 4) is 5.69 Å². The van der Waals surface area contributed by atoms with E-state index in [-0.39, 0.29) is 29.8 Å². The van der Waals surface area contributed by atoms with Crippen LogP contribution in [0, 0.1) is 5.82 Å². The summed E-state index contributed by atoms with van der Waals surface area (Å²) in [6.45, 7) is 3.95. The molecule has 0 atom stereocenters. The van der Waals surface area contributed by atoms with Crippen LogP contribution in [0.3, 0.4) is 0 Å². The Labute approximate surface area is 182 Å². The largest absolute Gasteiger partial charge is 0.357 e. The number of halogens is 2. The number of nitrogens with one attached hydrogen (secondary N) is 2. The highest BCUT2D eigenvalue weighted by atomic mass is 127. The second-order valence-corrected chi connectivity index (χ2v) is 6.09. The van der Waals surface area contributed by atoms with Crippen molar-refractivity contribution >= 4 is 29.9 Å². The molecule has 0 fully saturated rings. The lowest BCUT2D eigenvalue weighted by Gasteiger charge is -2.11. The molecule has 0 saturated heterocycles. The SMILES string of the molecule is CCNC(=NCc1ccn(-c2ccccc2)n1)NCCc1cccc(F)c1.I. The molecule has 3 aromatic rings. The third-order valence-corrected chi connectivity index (χ3v) is 4.00. The minimum atomic E-state index is -0.206. The molecule has 0 aliphatic heterocycles. The van der Waals surface area contributed by atoms with Crippen LogP contribution in [-0.2, 0) is 13.0 Å². The zero-order valence-corrected chi connectivity index (χ0v) is 18.1. The van der Waals surface area contributed by atoms with Gasteiger partial charge < -0.3 is 10.6 Å². The molecule has 2 aromatic carbocycles. The summed E-state index contributed by atoms with van der Waals surface area (Å²) in [6.07, 6.45) is 2.66. The Morgan fingerprint density at radius 3 is 2.64 bits per heavy atom. The highest BCUT2D eigenvalue weighted by molar-refractivity contribution is 14.0. The first-order valence-electron chi connectivity index (χ1n) is 9.11. The molecule has 0 saturated carbocycles. The van der Waals surface area contributed by atoms with E-state index in [9.17, 15) is 4.39 Å². The second-order valence-electron chi connectivity index (χ2n) is 6.09. The summed E-state index contributed by atoms with van der Waals surface area (Å²) in [5.41, 5.74) is 2.87.